The van der Waals surface area contributed by atoms with E-state index in [1.807, 2.05) is 32.0 Å². The van der Waals surface area contributed by atoms with Crippen LogP contribution in [0.3, 0.4) is 0 Å². The van der Waals surface area contributed by atoms with Crippen LogP contribution in [0.5, 0.6) is 5.75 Å². The summed E-state index contributed by atoms with van der Waals surface area (Å²) in [5.41, 5.74) is 4.26. The molecule has 0 aliphatic rings. The van der Waals surface area contributed by atoms with Gasteiger partial charge in [-0.05, 0) is 62.3 Å². The first kappa shape index (κ1) is 17.1. The Bertz CT molecular complexity index is 720. The molecule has 23 heavy (non-hydrogen) atoms. The Morgan fingerprint density at radius 2 is 1.52 bits per heavy atom. The molecular weight excluding hydrogens is 318 g/mol. The molecule has 122 valence electrons. The van der Waals surface area contributed by atoms with Crippen molar-refractivity contribution in [3.05, 3.63) is 53.1 Å². The van der Waals surface area contributed by atoms with Crippen LogP contribution in [0.1, 0.15) is 16.7 Å². The standard InChI is InChI=1S/C17H18F2N2OS/c1-10-4-6-13(12(3)8-10)20-17(23)21-14-7-5-11(2)9-15(14)22-16(18)19/h4-9,16H,1-3H3,(H2,20,21,23). The molecule has 2 aromatic carbocycles. The molecular formula is C17H18F2N2OS. The molecule has 0 radical (unpaired) electrons. The summed E-state index contributed by atoms with van der Waals surface area (Å²) in [7, 11) is 0. The molecule has 0 saturated heterocycles. The minimum Gasteiger partial charge on any atom is -0.433 e. The van der Waals surface area contributed by atoms with Crippen LogP contribution >= 0.6 is 12.2 Å². The van der Waals surface area contributed by atoms with Crippen molar-refractivity contribution in [2.24, 2.45) is 0 Å². The average Bonchev–Trinajstić information content (AvgIpc) is 2.44. The van der Waals surface area contributed by atoms with Crippen molar-refractivity contribution >= 4 is 28.7 Å². The molecule has 0 atom stereocenters. The molecule has 2 N–H and O–H groups in total. The molecule has 3 nitrogen and oxygen atoms in total. The first-order valence-electron chi connectivity index (χ1n) is 7.06. The number of aryl methyl sites for hydroxylation is 3. The number of rotatable bonds is 4. The van der Waals surface area contributed by atoms with Crippen LogP contribution in [0.25, 0.3) is 0 Å². The highest BCUT2D eigenvalue weighted by Gasteiger charge is 2.11. The first-order valence-corrected chi connectivity index (χ1v) is 7.46. The predicted octanol–water partition coefficient (Wildman–Crippen LogP) is 5.02. The zero-order valence-electron chi connectivity index (χ0n) is 13.1. The molecule has 0 aliphatic heterocycles. The van der Waals surface area contributed by atoms with E-state index in [1.54, 1.807) is 19.1 Å². The topological polar surface area (TPSA) is 33.3 Å². The van der Waals surface area contributed by atoms with Gasteiger partial charge in [-0.3, -0.25) is 0 Å². The summed E-state index contributed by atoms with van der Waals surface area (Å²) in [6, 6.07) is 10.9. The Kier molecular flexibility index (Phi) is 5.50. The summed E-state index contributed by atoms with van der Waals surface area (Å²) in [6.07, 6.45) is 0. The van der Waals surface area contributed by atoms with Crippen LogP contribution in [0.4, 0.5) is 20.2 Å². The van der Waals surface area contributed by atoms with E-state index in [0.717, 1.165) is 22.4 Å². The zero-order chi connectivity index (χ0) is 17.0. The number of thiocarbonyl (C=S) groups is 1. The number of halogens is 2. The molecule has 0 spiro atoms. The van der Waals surface area contributed by atoms with E-state index < -0.39 is 6.61 Å². The largest absolute Gasteiger partial charge is 0.433 e. The molecule has 0 bridgehead atoms. The summed E-state index contributed by atoms with van der Waals surface area (Å²) in [6.45, 7) is 2.88. The number of ether oxygens (including phenoxy) is 1. The minimum atomic E-state index is -2.89. The van der Waals surface area contributed by atoms with Gasteiger partial charge in [0.2, 0.25) is 0 Å². The van der Waals surface area contributed by atoms with Gasteiger partial charge in [0.15, 0.2) is 5.11 Å². The van der Waals surface area contributed by atoms with Crippen LogP contribution in [-0.2, 0) is 0 Å². The third-order valence-electron chi connectivity index (χ3n) is 3.23. The zero-order valence-corrected chi connectivity index (χ0v) is 13.9. The van der Waals surface area contributed by atoms with Gasteiger partial charge in [-0.1, -0.05) is 23.8 Å². The van der Waals surface area contributed by atoms with Crippen LogP contribution in [-0.4, -0.2) is 11.7 Å². The number of anilines is 2. The maximum absolute atomic E-state index is 12.5. The van der Waals surface area contributed by atoms with Gasteiger partial charge in [0, 0.05) is 5.69 Å². The van der Waals surface area contributed by atoms with E-state index in [-0.39, 0.29) is 5.75 Å². The molecule has 2 aromatic rings. The van der Waals surface area contributed by atoms with Gasteiger partial charge in [0.1, 0.15) is 5.75 Å². The van der Waals surface area contributed by atoms with Crippen molar-refractivity contribution in [1.29, 1.82) is 0 Å². The second kappa shape index (κ2) is 7.37. The molecule has 6 heteroatoms. The SMILES string of the molecule is Cc1ccc(NC(=S)Nc2ccc(C)cc2OC(F)F)c(C)c1. The van der Waals surface area contributed by atoms with Gasteiger partial charge in [-0.25, -0.2) is 0 Å². The van der Waals surface area contributed by atoms with Crippen molar-refractivity contribution in [1.82, 2.24) is 0 Å². The highest BCUT2D eigenvalue weighted by atomic mass is 32.1. The summed E-state index contributed by atoms with van der Waals surface area (Å²) >= 11 is 5.25. The van der Waals surface area contributed by atoms with E-state index in [0.29, 0.717) is 10.8 Å². The molecule has 0 aliphatic carbocycles. The van der Waals surface area contributed by atoms with E-state index in [9.17, 15) is 8.78 Å². The predicted molar refractivity (Wildman–Crippen MR) is 93.6 cm³/mol. The average molecular weight is 336 g/mol. The third-order valence-corrected chi connectivity index (χ3v) is 3.44. The Labute approximate surface area is 139 Å². The summed E-state index contributed by atoms with van der Waals surface area (Å²) < 4.78 is 29.6. The molecule has 0 unspecified atom stereocenters. The van der Waals surface area contributed by atoms with Crippen LogP contribution in [0, 0.1) is 20.8 Å². The highest BCUT2D eigenvalue weighted by molar-refractivity contribution is 7.80. The quantitative estimate of drug-likeness (QED) is 0.768. The lowest BCUT2D eigenvalue weighted by molar-refractivity contribution is -0.0493. The van der Waals surface area contributed by atoms with Gasteiger partial charge in [-0.15, -0.1) is 0 Å². The van der Waals surface area contributed by atoms with Crippen LogP contribution < -0.4 is 15.4 Å². The van der Waals surface area contributed by atoms with E-state index >= 15 is 0 Å². The normalized spacial score (nSPS) is 10.5. The molecule has 2 rings (SSSR count). The fraction of sp³-hybridized carbons (Fsp3) is 0.235. The van der Waals surface area contributed by atoms with E-state index in [4.69, 9.17) is 12.2 Å². The number of hydrogen-bond acceptors (Lipinski definition) is 2. The Balaban J connectivity index is 2.13. The van der Waals surface area contributed by atoms with Gasteiger partial charge < -0.3 is 15.4 Å². The highest BCUT2D eigenvalue weighted by Crippen LogP contribution is 2.27. The maximum Gasteiger partial charge on any atom is 0.387 e. The van der Waals surface area contributed by atoms with Crippen molar-refractivity contribution in [2.45, 2.75) is 27.4 Å². The van der Waals surface area contributed by atoms with Gasteiger partial charge in [-0.2, -0.15) is 8.78 Å². The van der Waals surface area contributed by atoms with E-state index in [1.165, 1.54) is 6.07 Å². The Morgan fingerprint density at radius 1 is 0.957 bits per heavy atom. The summed E-state index contributed by atoms with van der Waals surface area (Å²) in [4.78, 5) is 0. The number of nitrogens with one attached hydrogen (secondary N) is 2. The van der Waals surface area contributed by atoms with Gasteiger partial charge >= 0.3 is 6.61 Å². The molecule has 0 saturated carbocycles. The molecule has 0 aromatic heterocycles. The smallest absolute Gasteiger partial charge is 0.387 e. The fourth-order valence-corrected chi connectivity index (χ4v) is 2.38. The minimum absolute atomic E-state index is 0.0600. The first-order chi connectivity index (χ1) is 10.8. The van der Waals surface area contributed by atoms with Crippen LogP contribution in [0.15, 0.2) is 36.4 Å². The van der Waals surface area contributed by atoms with Crippen molar-refractivity contribution in [3.8, 4) is 5.75 Å². The molecule has 0 fully saturated rings. The second-order valence-corrected chi connectivity index (χ2v) is 5.68. The summed E-state index contributed by atoms with van der Waals surface area (Å²) in [5, 5.41) is 6.26. The molecule has 0 heterocycles. The number of benzene rings is 2. The second-order valence-electron chi connectivity index (χ2n) is 5.28. The Hall–Kier alpha value is -2.21. The lowest BCUT2D eigenvalue weighted by Crippen LogP contribution is -2.20. The van der Waals surface area contributed by atoms with E-state index in [2.05, 4.69) is 15.4 Å². The monoisotopic (exact) mass is 336 g/mol. The van der Waals surface area contributed by atoms with Crippen molar-refractivity contribution in [2.75, 3.05) is 10.6 Å². The third kappa shape index (κ3) is 4.89. The van der Waals surface area contributed by atoms with Crippen molar-refractivity contribution < 1.29 is 13.5 Å². The lowest BCUT2D eigenvalue weighted by Gasteiger charge is -2.16. The lowest BCUT2D eigenvalue weighted by atomic mass is 10.1. The number of alkyl halides is 2. The van der Waals surface area contributed by atoms with Crippen LogP contribution in [0.2, 0.25) is 0 Å². The summed E-state index contributed by atoms with van der Waals surface area (Å²) in [5.74, 6) is 0.0600. The van der Waals surface area contributed by atoms with Gasteiger partial charge in [0.05, 0.1) is 5.69 Å². The fourth-order valence-electron chi connectivity index (χ4n) is 2.16. The van der Waals surface area contributed by atoms with Crippen molar-refractivity contribution in [3.63, 3.8) is 0 Å². The molecule has 0 amide bonds. The van der Waals surface area contributed by atoms with Gasteiger partial charge in [0.25, 0.3) is 0 Å². The Morgan fingerprint density at radius 3 is 2.13 bits per heavy atom. The maximum atomic E-state index is 12.5. The number of hydrogen-bond donors (Lipinski definition) is 2.